The van der Waals surface area contributed by atoms with Gasteiger partial charge in [-0.1, -0.05) is 17.7 Å². The van der Waals surface area contributed by atoms with Crippen LogP contribution in [0.15, 0.2) is 36.4 Å². The number of anilines is 1. The Balaban J connectivity index is 1.86. The van der Waals surface area contributed by atoms with Crippen molar-refractivity contribution < 1.29 is 19.1 Å². The van der Waals surface area contributed by atoms with E-state index in [1.54, 1.807) is 38.3 Å². The van der Waals surface area contributed by atoms with E-state index in [-0.39, 0.29) is 18.4 Å². The number of carbonyl (C=O) groups excluding carboxylic acids is 2. The lowest BCUT2D eigenvalue weighted by Gasteiger charge is -2.16. The van der Waals surface area contributed by atoms with Crippen molar-refractivity contribution >= 4 is 17.5 Å². The number of nitrogens with one attached hydrogen (secondary N) is 2. The van der Waals surface area contributed by atoms with Crippen molar-refractivity contribution in [1.29, 1.82) is 0 Å². The van der Waals surface area contributed by atoms with E-state index in [0.29, 0.717) is 11.5 Å². The van der Waals surface area contributed by atoms with E-state index < -0.39 is 6.10 Å². The van der Waals surface area contributed by atoms with Crippen LogP contribution < -0.4 is 20.1 Å². The summed E-state index contributed by atoms with van der Waals surface area (Å²) in [5, 5.41) is 5.45. The molecule has 0 aliphatic heterocycles. The largest absolute Gasteiger partial charge is 0.497 e. The normalized spacial score (nSPS) is 11.4. The number of methoxy groups -OCH3 is 1. The molecule has 0 saturated carbocycles. The van der Waals surface area contributed by atoms with Crippen molar-refractivity contribution in [2.24, 2.45) is 0 Å². The maximum atomic E-state index is 12.2. The summed E-state index contributed by atoms with van der Waals surface area (Å²) in [6.07, 6.45) is -0.728. The number of amides is 2. The Morgan fingerprint density at radius 2 is 1.56 bits per heavy atom. The summed E-state index contributed by atoms with van der Waals surface area (Å²) < 4.78 is 10.7. The van der Waals surface area contributed by atoms with Crippen LogP contribution in [0.25, 0.3) is 0 Å². The van der Waals surface area contributed by atoms with Gasteiger partial charge in [0, 0.05) is 5.69 Å². The van der Waals surface area contributed by atoms with Crippen LogP contribution in [-0.4, -0.2) is 31.6 Å². The lowest BCUT2D eigenvalue weighted by Crippen LogP contribution is -2.40. The maximum absolute atomic E-state index is 12.2. The van der Waals surface area contributed by atoms with E-state index in [1.165, 1.54) is 0 Å². The van der Waals surface area contributed by atoms with Gasteiger partial charge in [0.2, 0.25) is 5.91 Å². The molecule has 2 aromatic carbocycles. The summed E-state index contributed by atoms with van der Waals surface area (Å²) in [7, 11) is 1.58. The highest BCUT2D eigenvalue weighted by Gasteiger charge is 2.16. The molecule has 1 unspecified atom stereocenters. The first-order valence-corrected chi connectivity index (χ1v) is 8.76. The maximum Gasteiger partial charge on any atom is 0.261 e. The minimum absolute atomic E-state index is 0.123. The molecule has 27 heavy (non-hydrogen) atoms. The quantitative estimate of drug-likeness (QED) is 0.785. The highest BCUT2D eigenvalue weighted by Crippen LogP contribution is 2.21. The lowest BCUT2D eigenvalue weighted by molar-refractivity contribution is -0.129. The molecule has 0 aliphatic rings. The van der Waals surface area contributed by atoms with Gasteiger partial charge in [-0.05, 0) is 63.1 Å². The smallest absolute Gasteiger partial charge is 0.261 e. The van der Waals surface area contributed by atoms with Crippen LogP contribution in [0.3, 0.4) is 0 Å². The van der Waals surface area contributed by atoms with Gasteiger partial charge in [0.15, 0.2) is 6.10 Å². The van der Waals surface area contributed by atoms with E-state index in [9.17, 15) is 9.59 Å². The monoisotopic (exact) mass is 370 g/mol. The van der Waals surface area contributed by atoms with Crippen molar-refractivity contribution in [3.63, 3.8) is 0 Å². The van der Waals surface area contributed by atoms with E-state index in [1.807, 2.05) is 32.9 Å². The molecule has 144 valence electrons. The Kier molecular flexibility index (Phi) is 6.82. The van der Waals surface area contributed by atoms with E-state index in [0.717, 1.165) is 22.4 Å². The Morgan fingerprint density at radius 1 is 1.00 bits per heavy atom. The van der Waals surface area contributed by atoms with Gasteiger partial charge in [0.25, 0.3) is 5.91 Å². The summed E-state index contributed by atoms with van der Waals surface area (Å²) in [6.45, 7) is 7.40. The van der Waals surface area contributed by atoms with E-state index in [4.69, 9.17) is 9.47 Å². The molecular weight excluding hydrogens is 344 g/mol. The molecule has 0 heterocycles. The molecule has 0 saturated heterocycles. The zero-order chi connectivity index (χ0) is 20.0. The minimum atomic E-state index is -0.728. The SMILES string of the molecule is COc1ccc(OC(C)C(=O)NCC(=O)Nc2c(C)cc(C)cc2C)cc1. The van der Waals surface area contributed by atoms with Crippen LogP contribution in [0, 0.1) is 20.8 Å². The number of benzene rings is 2. The Bertz CT molecular complexity index is 792. The summed E-state index contributed by atoms with van der Waals surface area (Å²) in [4.78, 5) is 24.3. The molecule has 2 amide bonds. The molecule has 0 aromatic heterocycles. The van der Waals surface area contributed by atoms with Gasteiger partial charge in [0.05, 0.1) is 13.7 Å². The average molecular weight is 370 g/mol. The van der Waals surface area contributed by atoms with Crippen LogP contribution in [0.1, 0.15) is 23.6 Å². The fraction of sp³-hybridized carbons (Fsp3) is 0.333. The van der Waals surface area contributed by atoms with Crippen molar-refractivity contribution in [2.45, 2.75) is 33.8 Å². The molecule has 1 atom stereocenters. The number of hydrogen-bond acceptors (Lipinski definition) is 4. The van der Waals surface area contributed by atoms with Gasteiger partial charge in [-0.15, -0.1) is 0 Å². The number of carbonyl (C=O) groups is 2. The van der Waals surface area contributed by atoms with Gasteiger partial charge >= 0.3 is 0 Å². The van der Waals surface area contributed by atoms with Gasteiger partial charge in [-0.2, -0.15) is 0 Å². The number of ether oxygens (including phenoxy) is 2. The third-order valence-corrected chi connectivity index (χ3v) is 4.11. The molecule has 2 rings (SSSR count). The topological polar surface area (TPSA) is 76.7 Å². The van der Waals surface area contributed by atoms with Gasteiger partial charge in [-0.25, -0.2) is 0 Å². The molecule has 0 spiro atoms. The molecule has 2 aromatic rings. The van der Waals surface area contributed by atoms with Crippen molar-refractivity contribution in [3.05, 3.63) is 53.1 Å². The summed E-state index contributed by atoms with van der Waals surface area (Å²) in [5.74, 6) is 0.611. The Labute approximate surface area is 159 Å². The second kappa shape index (κ2) is 9.07. The molecule has 2 N–H and O–H groups in total. The van der Waals surface area contributed by atoms with Crippen LogP contribution >= 0.6 is 0 Å². The molecule has 6 nitrogen and oxygen atoms in total. The first kappa shape index (κ1) is 20.3. The first-order chi connectivity index (χ1) is 12.8. The zero-order valence-corrected chi connectivity index (χ0v) is 16.4. The van der Waals surface area contributed by atoms with Crippen molar-refractivity contribution in [3.8, 4) is 11.5 Å². The summed E-state index contributed by atoms with van der Waals surface area (Å²) >= 11 is 0. The van der Waals surface area contributed by atoms with Crippen LogP contribution in [0.4, 0.5) is 5.69 Å². The van der Waals surface area contributed by atoms with Crippen LogP contribution in [0.5, 0.6) is 11.5 Å². The molecule has 0 aliphatic carbocycles. The lowest BCUT2D eigenvalue weighted by atomic mass is 10.1. The second-order valence-electron chi connectivity index (χ2n) is 6.48. The molecule has 0 bridgehead atoms. The van der Waals surface area contributed by atoms with Gasteiger partial charge in [-0.3, -0.25) is 9.59 Å². The fourth-order valence-corrected chi connectivity index (χ4v) is 2.78. The zero-order valence-electron chi connectivity index (χ0n) is 16.4. The summed E-state index contributed by atoms with van der Waals surface area (Å²) in [6, 6.07) is 11.0. The number of rotatable bonds is 7. The Morgan fingerprint density at radius 3 is 2.11 bits per heavy atom. The summed E-state index contributed by atoms with van der Waals surface area (Å²) in [5.41, 5.74) is 3.90. The van der Waals surface area contributed by atoms with Crippen LogP contribution in [-0.2, 0) is 9.59 Å². The van der Waals surface area contributed by atoms with Gasteiger partial charge < -0.3 is 20.1 Å². The molecule has 0 radical (unpaired) electrons. The van der Waals surface area contributed by atoms with E-state index in [2.05, 4.69) is 10.6 Å². The third-order valence-electron chi connectivity index (χ3n) is 4.11. The third kappa shape index (κ3) is 5.74. The number of hydrogen-bond donors (Lipinski definition) is 2. The predicted octanol–water partition coefficient (Wildman–Crippen LogP) is 3.14. The highest BCUT2D eigenvalue weighted by molar-refractivity contribution is 5.96. The molecule has 6 heteroatoms. The number of aryl methyl sites for hydroxylation is 3. The molecule has 0 fully saturated rings. The van der Waals surface area contributed by atoms with Crippen molar-refractivity contribution in [1.82, 2.24) is 5.32 Å². The van der Waals surface area contributed by atoms with Gasteiger partial charge in [0.1, 0.15) is 11.5 Å². The molecular formula is C21H26N2O4. The average Bonchev–Trinajstić information content (AvgIpc) is 2.63. The Hall–Kier alpha value is -3.02. The van der Waals surface area contributed by atoms with Crippen LogP contribution in [0.2, 0.25) is 0 Å². The predicted molar refractivity (Wildman–Crippen MR) is 105 cm³/mol. The first-order valence-electron chi connectivity index (χ1n) is 8.76. The highest BCUT2D eigenvalue weighted by atomic mass is 16.5. The van der Waals surface area contributed by atoms with E-state index >= 15 is 0 Å². The fourth-order valence-electron chi connectivity index (χ4n) is 2.78. The minimum Gasteiger partial charge on any atom is -0.497 e. The second-order valence-corrected chi connectivity index (χ2v) is 6.48. The van der Waals surface area contributed by atoms with Crippen molar-refractivity contribution in [2.75, 3.05) is 19.0 Å². The standard InChI is InChI=1S/C21H26N2O4/c1-13-10-14(2)20(15(3)11-13)23-19(24)12-22-21(25)16(4)27-18-8-6-17(26-5)7-9-18/h6-11,16H,12H2,1-5H3,(H,22,25)(H,23,24).